The Morgan fingerprint density at radius 3 is 2.29 bits per heavy atom. The lowest BCUT2D eigenvalue weighted by molar-refractivity contribution is 0.273. The van der Waals surface area contributed by atoms with E-state index in [1.807, 2.05) is 13.0 Å². The molecule has 0 unspecified atom stereocenters. The van der Waals surface area contributed by atoms with Gasteiger partial charge in [-0.2, -0.15) is 0 Å². The fourth-order valence-corrected chi connectivity index (χ4v) is 4.13. The highest BCUT2D eigenvalue weighted by Crippen LogP contribution is 2.38. The number of benzene rings is 2. The first-order chi connectivity index (χ1) is 13.5. The van der Waals surface area contributed by atoms with E-state index in [4.69, 9.17) is 9.84 Å². The molecule has 2 aromatic carbocycles. The molecule has 0 amide bonds. The van der Waals surface area contributed by atoms with Crippen molar-refractivity contribution in [2.24, 2.45) is 5.92 Å². The molecule has 1 aliphatic rings. The van der Waals surface area contributed by atoms with E-state index in [-0.39, 0.29) is 11.4 Å². The third-order valence-corrected chi connectivity index (χ3v) is 5.81. The molecule has 5 heteroatoms. The van der Waals surface area contributed by atoms with Crippen LogP contribution in [0.25, 0.3) is 0 Å². The molecule has 2 aromatic rings. The summed E-state index contributed by atoms with van der Waals surface area (Å²) in [6, 6.07) is 8.24. The van der Waals surface area contributed by atoms with Crippen molar-refractivity contribution < 1.29 is 23.0 Å². The number of rotatable bonds is 7. The standard InChI is InChI=1S/C23H27F3O2/c1-2-28-21-12-11-18(13-20(21)24)16-6-3-15(4-7-16)5-8-17-9-10-19(14-27)23(26)22(17)25/h9-13,15-16,27H,2-8,14H2,1H3. The summed E-state index contributed by atoms with van der Waals surface area (Å²) in [4.78, 5) is 0. The maximum atomic E-state index is 14.1. The summed E-state index contributed by atoms with van der Waals surface area (Å²) < 4.78 is 47.2. The van der Waals surface area contributed by atoms with Gasteiger partial charge in [-0.3, -0.25) is 0 Å². The first kappa shape index (κ1) is 20.7. The zero-order chi connectivity index (χ0) is 20.1. The van der Waals surface area contributed by atoms with Gasteiger partial charge >= 0.3 is 0 Å². The van der Waals surface area contributed by atoms with Crippen LogP contribution in [-0.2, 0) is 13.0 Å². The highest BCUT2D eigenvalue weighted by molar-refractivity contribution is 5.31. The third kappa shape index (κ3) is 4.69. The lowest BCUT2D eigenvalue weighted by atomic mass is 9.77. The molecule has 1 aliphatic carbocycles. The Labute approximate surface area is 164 Å². The Hall–Kier alpha value is -2.01. The molecule has 0 spiro atoms. The highest BCUT2D eigenvalue weighted by Gasteiger charge is 2.24. The van der Waals surface area contributed by atoms with Crippen molar-refractivity contribution in [3.05, 3.63) is 64.5 Å². The van der Waals surface area contributed by atoms with Crippen LogP contribution in [-0.4, -0.2) is 11.7 Å². The summed E-state index contributed by atoms with van der Waals surface area (Å²) in [5, 5.41) is 9.01. The predicted octanol–water partition coefficient (Wildman–Crippen LogP) is 5.90. The highest BCUT2D eigenvalue weighted by atomic mass is 19.2. The minimum Gasteiger partial charge on any atom is -0.491 e. The molecule has 2 nitrogen and oxygen atoms in total. The van der Waals surface area contributed by atoms with Crippen molar-refractivity contribution >= 4 is 0 Å². The Bertz CT molecular complexity index is 799. The molecule has 0 aliphatic heterocycles. The van der Waals surface area contributed by atoms with Crippen molar-refractivity contribution in [1.29, 1.82) is 0 Å². The molecule has 1 saturated carbocycles. The van der Waals surface area contributed by atoms with Gasteiger partial charge < -0.3 is 9.84 Å². The van der Waals surface area contributed by atoms with Crippen molar-refractivity contribution in [1.82, 2.24) is 0 Å². The lowest BCUT2D eigenvalue weighted by Gasteiger charge is -2.29. The van der Waals surface area contributed by atoms with Crippen molar-refractivity contribution in [3.63, 3.8) is 0 Å². The number of aliphatic hydroxyl groups excluding tert-OH is 1. The first-order valence-electron chi connectivity index (χ1n) is 10.0. The van der Waals surface area contributed by atoms with E-state index in [0.29, 0.717) is 36.2 Å². The number of hydrogen-bond acceptors (Lipinski definition) is 2. The Balaban J connectivity index is 1.53. The second-order valence-electron chi connectivity index (χ2n) is 7.55. The molecular formula is C23H27F3O2. The fraction of sp³-hybridized carbons (Fsp3) is 0.478. The zero-order valence-corrected chi connectivity index (χ0v) is 16.2. The second kappa shape index (κ2) is 9.46. The molecular weight excluding hydrogens is 365 g/mol. The van der Waals surface area contributed by atoms with E-state index in [1.54, 1.807) is 18.2 Å². The third-order valence-electron chi connectivity index (χ3n) is 5.81. The summed E-state index contributed by atoms with van der Waals surface area (Å²) in [5.74, 6) is -1.01. The quantitative estimate of drug-likeness (QED) is 0.635. The molecule has 0 aromatic heterocycles. The van der Waals surface area contributed by atoms with Gasteiger partial charge in [-0.1, -0.05) is 18.2 Å². The van der Waals surface area contributed by atoms with Gasteiger partial charge in [0, 0.05) is 5.56 Å². The molecule has 0 radical (unpaired) electrons. The van der Waals surface area contributed by atoms with Crippen LogP contribution in [0, 0.1) is 23.4 Å². The number of hydrogen-bond donors (Lipinski definition) is 1. The fourth-order valence-electron chi connectivity index (χ4n) is 4.13. The number of aliphatic hydroxyl groups is 1. The van der Waals surface area contributed by atoms with Gasteiger partial charge in [-0.25, -0.2) is 13.2 Å². The molecule has 0 heterocycles. The SMILES string of the molecule is CCOc1ccc(C2CCC(CCc3ccc(CO)c(F)c3F)CC2)cc1F. The minimum atomic E-state index is -0.943. The van der Waals surface area contributed by atoms with Gasteiger partial charge in [-0.05, 0) is 80.5 Å². The van der Waals surface area contributed by atoms with E-state index in [1.165, 1.54) is 6.07 Å². The number of ether oxygens (including phenoxy) is 1. The summed E-state index contributed by atoms with van der Waals surface area (Å²) in [7, 11) is 0. The normalized spacial score (nSPS) is 19.6. The average Bonchev–Trinajstić information content (AvgIpc) is 2.71. The predicted molar refractivity (Wildman–Crippen MR) is 103 cm³/mol. The van der Waals surface area contributed by atoms with E-state index in [9.17, 15) is 13.2 Å². The van der Waals surface area contributed by atoms with Crippen LogP contribution in [0.4, 0.5) is 13.2 Å². The van der Waals surface area contributed by atoms with Gasteiger partial charge in [0.15, 0.2) is 23.2 Å². The van der Waals surface area contributed by atoms with Crippen LogP contribution in [0.15, 0.2) is 30.3 Å². The molecule has 1 N–H and O–H groups in total. The molecule has 3 rings (SSSR count). The van der Waals surface area contributed by atoms with Gasteiger partial charge in [0.05, 0.1) is 13.2 Å². The van der Waals surface area contributed by atoms with Crippen LogP contribution in [0.3, 0.4) is 0 Å². The van der Waals surface area contributed by atoms with E-state index < -0.39 is 18.2 Å². The minimum absolute atomic E-state index is 0.00987. The summed E-state index contributed by atoms with van der Waals surface area (Å²) in [6.45, 7) is 1.77. The van der Waals surface area contributed by atoms with Crippen molar-refractivity contribution in [3.8, 4) is 5.75 Å². The van der Waals surface area contributed by atoms with Crippen LogP contribution in [0.1, 0.15) is 61.6 Å². The zero-order valence-electron chi connectivity index (χ0n) is 16.2. The second-order valence-corrected chi connectivity index (χ2v) is 7.55. The largest absolute Gasteiger partial charge is 0.491 e. The first-order valence-corrected chi connectivity index (χ1v) is 10.0. The van der Waals surface area contributed by atoms with Crippen LogP contribution in [0.5, 0.6) is 5.75 Å². The van der Waals surface area contributed by atoms with E-state index >= 15 is 0 Å². The Morgan fingerprint density at radius 2 is 1.64 bits per heavy atom. The van der Waals surface area contributed by atoms with Gasteiger partial charge in [-0.15, -0.1) is 0 Å². The van der Waals surface area contributed by atoms with E-state index in [0.717, 1.165) is 37.7 Å². The summed E-state index contributed by atoms with van der Waals surface area (Å²) >= 11 is 0. The van der Waals surface area contributed by atoms with Crippen molar-refractivity contribution in [2.45, 2.75) is 58.0 Å². The monoisotopic (exact) mass is 392 g/mol. The summed E-state index contributed by atoms with van der Waals surface area (Å²) in [5.41, 5.74) is 1.36. The van der Waals surface area contributed by atoms with Crippen molar-refractivity contribution in [2.75, 3.05) is 6.61 Å². The van der Waals surface area contributed by atoms with E-state index in [2.05, 4.69) is 0 Å². The Morgan fingerprint density at radius 1 is 0.964 bits per heavy atom. The number of aryl methyl sites for hydroxylation is 1. The average molecular weight is 392 g/mol. The smallest absolute Gasteiger partial charge is 0.165 e. The molecule has 0 saturated heterocycles. The molecule has 152 valence electrons. The molecule has 28 heavy (non-hydrogen) atoms. The lowest BCUT2D eigenvalue weighted by Crippen LogP contribution is -2.14. The van der Waals surface area contributed by atoms with Gasteiger partial charge in [0.2, 0.25) is 0 Å². The Kier molecular flexibility index (Phi) is 7.00. The van der Waals surface area contributed by atoms with Crippen LogP contribution in [0.2, 0.25) is 0 Å². The number of halogens is 3. The van der Waals surface area contributed by atoms with Crippen LogP contribution < -0.4 is 4.74 Å². The van der Waals surface area contributed by atoms with Gasteiger partial charge in [0.25, 0.3) is 0 Å². The maximum absolute atomic E-state index is 14.1. The summed E-state index contributed by atoms with van der Waals surface area (Å²) in [6.07, 6.45) is 5.23. The topological polar surface area (TPSA) is 29.5 Å². The van der Waals surface area contributed by atoms with Crippen LogP contribution >= 0.6 is 0 Å². The molecule has 0 bridgehead atoms. The van der Waals surface area contributed by atoms with Gasteiger partial charge in [0.1, 0.15) is 0 Å². The molecule has 1 fully saturated rings. The maximum Gasteiger partial charge on any atom is 0.165 e. The molecule has 0 atom stereocenters.